The molecule has 128 valence electrons. The van der Waals surface area contributed by atoms with Gasteiger partial charge < -0.3 is 14.8 Å². The van der Waals surface area contributed by atoms with Crippen molar-refractivity contribution in [3.8, 4) is 11.5 Å². The topological polar surface area (TPSA) is 74.1 Å². The van der Waals surface area contributed by atoms with Crippen molar-refractivity contribution < 1.29 is 9.47 Å². The first kappa shape index (κ1) is 15.4. The van der Waals surface area contributed by atoms with Gasteiger partial charge in [0.05, 0.1) is 12.1 Å². The molecule has 0 radical (unpaired) electrons. The molecule has 1 saturated carbocycles. The minimum Gasteiger partial charge on any atom is -0.486 e. The Bertz CT molecular complexity index is 713. The molecule has 0 unspecified atom stereocenters. The number of rotatable bonds is 6. The van der Waals surface area contributed by atoms with E-state index in [1.54, 1.807) is 0 Å². The molecule has 1 aromatic heterocycles. The van der Waals surface area contributed by atoms with Crippen LogP contribution in [-0.4, -0.2) is 33.4 Å². The highest BCUT2D eigenvalue weighted by molar-refractivity contribution is 5.44. The molecule has 1 aliphatic heterocycles. The molecule has 0 amide bonds. The third-order valence-electron chi connectivity index (χ3n) is 4.63. The lowest BCUT2D eigenvalue weighted by Gasteiger charge is -2.24. The van der Waals surface area contributed by atoms with Crippen LogP contribution in [0.2, 0.25) is 0 Å². The minimum absolute atomic E-state index is 0.0822. The van der Waals surface area contributed by atoms with Crippen molar-refractivity contribution in [1.82, 2.24) is 25.5 Å². The quantitative estimate of drug-likeness (QED) is 0.878. The van der Waals surface area contributed by atoms with Gasteiger partial charge >= 0.3 is 0 Å². The van der Waals surface area contributed by atoms with Gasteiger partial charge in [0.25, 0.3) is 0 Å². The molecule has 7 heteroatoms. The fourth-order valence-corrected chi connectivity index (χ4v) is 3.17. The average Bonchev–Trinajstić information content (AvgIpc) is 3.35. The van der Waals surface area contributed by atoms with E-state index < -0.39 is 0 Å². The van der Waals surface area contributed by atoms with E-state index in [1.165, 1.54) is 18.4 Å². The molecule has 0 spiro atoms. The highest BCUT2D eigenvalue weighted by Gasteiger charge is 2.30. The molecule has 24 heavy (non-hydrogen) atoms. The summed E-state index contributed by atoms with van der Waals surface area (Å²) >= 11 is 0. The number of tetrazole rings is 1. The van der Waals surface area contributed by atoms with Gasteiger partial charge in [-0.25, -0.2) is 4.68 Å². The highest BCUT2D eigenvalue weighted by atomic mass is 16.6. The molecule has 4 rings (SSSR count). The van der Waals surface area contributed by atoms with Crippen molar-refractivity contribution in [3.63, 3.8) is 0 Å². The predicted octanol–water partition coefficient (Wildman–Crippen LogP) is 2.58. The molecular weight excluding hydrogens is 306 g/mol. The number of ether oxygens (including phenoxy) is 2. The molecule has 2 atom stereocenters. The lowest BCUT2D eigenvalue weighted by Crippen LogP contribution is -2.27. The fourth-order valence-electron chi connectivity index (χ4n) is 3.17. The molecule has 1 aliphatic carbocycles. The maximum atomic E-state index is 5.71. The van der Waals surface area contributed by atoms with E-state index in [-0.39, 0.29) is 12.1 Å². The SMILES string of the molecule is CC[C@@H](N[C@@H](C)c1nnnn1C1CC1)c1ccc2c(c1)OCCO2. The number of benzene rings is 1. The summed E-state index contributed by atoms with van der Waals surface area (Å²) in [5.41, 5.74) is 1.19. The summed E-state index contributed by atoms with van der Waals surface area (Å²) in [5.74, 6) is 2.56. The third kappa shape index (κ3) is 2.96. The molecular formula is C17H23N5O2. The van der Waals surface area contributed by atoms with E-state index in [0.717, 1.165) is 23.7 Å². The fraction of sp³-hybridized carbons (Fsp3) is 0.588. The Kier molecular flexibility index (Phi) is 4.10. The number of hydrogen-bond donors (Lipinski definition) is 1. The van der Waals surface area contributed by atoms with Crippen LogP contribution in [-0.2, 0) is 0 Å². The Morgan fingerprint density at radius 1 is 1.25 bits per heavy atom. The predicted molar refractivity (Wildman–Crippen MR) is 88.1 cm³/mol. The Morgan fingerprint density at radius 2 is 2.04 bits per heavy atom. The van der Waals surface area contributed by atoms with Gasteiger partial charge in [-0.1, -0.05) is 13.0 Å². The van der Waals surface area contributed by atoms with E-state index in [0.29, 0.717) is 19.3 Å². The van der Waals surface area contributed by atoms with Gasteiger partial charge in [-0.15, -0.1) is 5.10 Å². The molecule has 0 saturated heterocycles. The molecule has 2 heterocycles. The van der Waals surface area contributed by atoms with Gasteiger partial charge in [-0.05, 0) is 54.3 Å². The number of nitrogens with zero attached hydrogens (tertiary/aromatic N) is 4. The standard InChI is InChI=1S/C17H23N5O2/c1-3-14(12-4-7-15-16(10-12)24-9-8-23-15)18-11(2)17-19-20-21-22(17)13-5-6-13/h4,7,10-11,13-14,18H,3,5-6,8-9H2,1-2H3/t11-,14+/m0/s1. The van der Waals surface area contributed by atoms with Crippen LogP contribution in [0.25, 0.3) is 0 Å². The molecule has 0 bridgehead atoms. The Balaban J connectivity index is 1.52. The van der Waals surface area contributed by atoms with Gasteiger partial charge in [0.15, 0.2) is 17.3 Å². The average molecular weight is 329 g/mol. The number of fused-ring (bicyclic) bond motifs is 1. The van der Waals surface area contributed by atoms with E-state index >= 15 is 0 Å². The van der Waals surface area contributed by atoms with Crippen molar-refractivity contribution in [2.75, 3.05) is 13.2 Å². The van der Waals surface area contributed by atoms with Crippen LogP contribution in [0, 0.1) is 0 Å². The summed E-state index contributed by atoms with van der Waals surface area (Å²) in [6, 6.07) is 6.94. The summed E-state index contributed by atoms with van der Waals surface area (Å²) in [4.78, 5) is 0. The first-order chi connectivity index (χ1) is 11.8. The van der Waals surface area contributed by atoms with Crippen LogP contribution < -0.4 is 14.8 Å². The zero-order valence-corrected chi connectivity index (χ0v) is 14.1. The maximum Gasteiger partial charge on any atom is 0.168 e. The second-order valence-corrected chi connectivity index (χ2v) is 6.47. The second-order valence-electron chi connectivity index (χ2n) is 6.47. The molecule has 2 aliphatic rings. The summed E-state index contributed by atoms with van der Waals surface area (Å²) in [7, 11) is 0. The molecule has 1 fully saturated rings. The van der Waals surface area contributed by atoms with Gasteiger partial charge in [0.2, 0.25) is 0 Å². The first-order valence-corrected chi connectivity index (χ1v) is 8.69. The van der Waals surface area contributed by atoms with Crippen molar-refractivity contribution in [1.29, 1.82) is 0 Å². The van der Waals surface area contributed by atoms with Gasteiger partial charge in [-0.2, -0.15) is 0 Å². The first-order valence-electron chi connectivity index (χ1n) is 8.69. The summed E-state index contributed by atoms with van der Waals surface area (Å²) in [5, 5.41) is 15.9. The largest absolute Gasteiger partial charge is 0.486 e. The van der Waals surface area contributed by atoms with E-state index in [4.69, 9.17) is 9.47 Å². The number of nitrogens with one attached hydrogen (secondary N) is 1. The van der Waals surface area contributed by atoms with Crippen LogP contribution in [0.5, 0.6) is 11.5 Å². The Labute approximate surface area is 141 Å². The van der Waals surface area contributed by atoms with Crippen molar-refractivity contribution >= 4 is 0 Å². The van der Waals surface area contributed by atoms with Crippen molar-refractivity contribution in [2.45, 2.75) is 51.2 Å². The normalized spacial score (nSPS) is 19.1. The van der Waals surface area contributed by atoms with Gasteiger partial charge in [0, 0.05) is 6.04 Å². The highest BCUT2D eigenvalue weighted by Crippen LogP contribution is 2.36. The minimum atomic E-state index is 0.0822. The Morgan fingerprint density at radius 3 is 2.79 bits per heavy atom. The van der Waals surface area contributed by atoms with Crippen molar-refractivity contribution in [2.24, 2.45) is 0 Å². The van der Waals surface area contributed by atoms with Crippen molar-refractivity contribution in [3.05, 3.63) is 29.6 Å². The van der Waals surface area contributed by atoms with Crippen LogP contribution in [0.3, 0.4) is 0 Å². The zero-order chi connectivity index (χ0) is 16.5. The summed E-state index contributed by atoms with van der Waals surface area (Å²) in [6.45, 7) is 5.51. The molecule has 1 N–H and O–H groups in total. The molecule has 2 aromatic rings. The Hall–Kier alpha value is -2.15. The van der Waals surface area contributed by atoms with E-state index in [9.17, 15) is 0 Å². The third-order valence-corrected chi connectivity index (χ3v) is 4.63. The van der Waals surface area contributed by atoms with Crippen LogP contribution in [0.15, 0.2) is 18.2 Å². The number of hydrogen-bond acceptors (Lipinski definition) is 6. The lowest BCUT2D eigenvalue weighted by atomic mass is 10.0. The van der Waals surface area contributed by atoms with Crippen LogP contribution in [0.1, 0.15) is 62.6 Å². The van der Waals surface area contributed by atoms with Gasteiger partial charge in [-0.3, -0.25) is 0 Å². The number of aromatic nitrogens is 4. The zero-order valence-electron chi connectivity index (χ0n) is 14.1. The summed E-state index contributed by atoms with van der Waals surface area (Å²) < 4.78 is 13.3. The van der Waals surface area contributed by atoms with E-state index in [1.807, 2.05) is 10.7 Å². The smallest absolute Gasteiger partial charge is 0.168 e. The van der Waals surface area contributed by atoms with Crippen LogP contribution in [0.4, 0.5) is 0 Å². The van der Waals surface area contributed by atoms with E-state index in [2.05, 4.69) is 46.8 Å². The monoisotopic (exact) mass is 329 g/mol. The van der Waals surface area contributed by atoms with Gasteiger partial charge in [0.1, 0.15) is 13.2 Å². The maximum absolute atomic E-state index is 5.71. The molecule has 7 nitrogen and oxygen atoms in total. The molecule has 1 aromatic carbocycles. The lowest BCUT2D eigenvalue weighted by molar-refractivity contribution is 0.171. The van der Waals surface area contributed by atoms with Crippen LogP contribution >= 0.6 is 0 Å². The summed E-state index contributed by atoms with van der Waals surface area (Å²) in [6.07, 6.45) is 3.31. The second kappa shape index (κ2) is 6.39.